The number of nitrogens with one attached hydrogen (secondary N) is 1. The molecule has 2 nitrogen and oxygen atoms in total. The fourth-order valence-corrected chi connectivity index (χ4v) is 3.01. The van der Waals surface area contributed by atoms with Crippen LogP contribution in [0.3, 0.4) is 0 Å². The molecule has 2 aliphatic heterocycles. The Morgan fingerprint density at radius 2 is 2.46 bits per heavy atom. The van der Waals surface area contributed by atoms with Gasteiger partial charge in [-0.15, -0.1) is 0 Å². The van der Waals surface area contributed by atoms with E-state index in [0.29, 0.717) is 5.54 Å². The molecule has 2 saturated heterocycles. The van der Waals surface area contributed by atoms with Gasteiger partial charge in [0.25, 0.3) is 0 Å². The van der Waals surface area contributed by atoms with E-state index in [-0.39, 0.29) is 0 Å². The maximum atomic E-state index is 5.50. The van der Waals surface area contributed by atoms with E-state index in [1.807, 2.05) is 0 Å². The van der Waals surface area contributed by atoms with E-state index >= 15 is 0 Å². The first kappa shape index (κ1) is 9.47. The predicted molar refractivity (Wildman–Crippen MR) is 53.8 cm³/mol. The molecule has 1 N–H and O–H groups in total. The molecule has 2 heteroatoms. The Morgan fingerprint density at radius 3 is 3.00 bits per heavy atom. The molecule has 0 aromatic heterocycles. The van der Waals surface area contributed by atoms with Gasteiger partial charge < -0.3 is 10.1 Å². The van der Waals surface area contributed by atoms with Crippen molar-refractivity contribution in [3.05, 3.63) is 0 Å². The second-order valence-corrected chi connectivity index (χ2v) is 4.50. The van der Waals surface area contributed by atoms with Crippen molar-refractivity contribution in [2.45, 2.75) is 44.6 Å². The van der Waals surface area contributed by atoms with Crippen molar-refractivity contribution >= 4 is 0 Å². The summed E-state index contributed by atoms with van der Waals surface area (Å²) in [6.45, 7) is 5.48. The Morgan fingerprint density at radius 1 is 1.54 bits per heavy atom. The van der Waals surface area contributed by atoms with Crippen LogP contribution >= 0.6 is 0 Å². The van der Waals surface area contributed by atoms with Crippen LogP contribution in [0.2, 0.25) is 0 Å². The molecule has 0 amide bonds. The Bertz CT molecular complexity index is 157. The summed E-state index contributed by atoms with van der Waals surface area (Å²) < 4.78 is 5.50. The zero-order chi connectivity index (χ0) is 9.15. The molecule has 0 spiro atoms. The van der Waals surface area contributed by atoms with Crippen LogP contribution in [0.15, 0.2) is 0 Å². The minimum absolute atomic E-state index is 0.450. The first-order valence-corrected chi connectivity index (χ1v) is 5.70. The number of rotatable bonds is 3. The highest BCUT2D eigenvalue weighted by Gasteiger charge is 2.41. The van der Waals surface area contributed by atoms with Crippen LogP contribution in [-0.2, 0) is 4.74 Å². The Balaban J connectivity index is 2.02. The average molecular weight is 183 g/mol. The molecule has 13 heavy (non-hydrogen) atoms. The minimum atomic E-state index is 0.450. The van der Waals surface area contributed by atoms with Crippen LogP contribution in [0, 0.1) is 5.92 Å². The van der Waals surface area contributed by atoms with Gasteiger partial charge in [-0.05, 0) is 32.2 Å². The van der Waals surface area contributed by atoms with Gasteiger partial charge in [-0.3, -0.25) is 0 Å². The van der Waals surface area contributed by atoms with Crippen LogP contribution < -0.4 is 5.32 Å². The summed E-state index contributed by atoms with van der Waals surface area (Å²) in [7, 11) is 0. The number of ether oxygens (including phenoxy) is 1. The summed E-state index contributed by atoms with van der Waals surface area (Å²) in [6.07, 6.45) is 6.63. The normalized spacial score (nSPS) is 39.9. The second-order valence-electron chi connectivity index (χ2n) is 4.50. The van der Waals surface area contributed by atoms with Crippen molar-refractivity contribution in [2.75, 3.05) is 19.8 Å². The quantitative estimate of drug-likeness (QED) is 0.722. The molecular weight excluding hydrogens is 162 g/mol. The van der Waals surface area contributed by atoms with E-state index in [2.05, 4.69) is 12.2 Å². The van der Waals surface area contributed by atoms with Crippen molar-refractivity contribution < 1.29 is 4.74 Å². The van der Waals surface area contributed by atoms with E-state index in [1.165, 1.54) is 38.6 Å². The van der Waals surface area contributed by atoms with Gasteiger partial charge in [0.05, 0.1) is 6.61 Å². The molecule has 0 radical (unpaired) electrons. The van der Waals surface area contributed by atoms with Crippen molar-refractivity contribution in [2.24, 2.45) is 5.92 Å². The van der Waals surface area contributed by atoms with Gasteiger partial charge in [0.15, 0.2) is 0 Å². The van der Waals surface area contributed by atoms with Crippen LogP contribution in [0.25, 0.3) is 0 Å². The third-order valence-electron chi connectivity index (χ3n) is 3.68. The SMILES string of the molecule is CCCC1(C2CCOC2)CCCN1. The maximum absolute atomic E-state index is 5.50. The van der Waals surface area contributed by atoms with E-state index in [9.17, 15) is 0 Å². The Kier molecular flexibility index (Phi) is 2.89. The predicted octanol–water partition coefficient (Wildman–Crippen LogP) is 1.95. The highest BCUT2D eigenvalue weighted by atomic mass is 16.5. The van der Waals surface area contributed by atoms with Gasteiger partial charge in [0.2, 0.25) is 0 Å². The standard InChI is InChI=1S/C11H21NO/c1-2-5-11(6-3-7-12-11)10-4-8-13-9-10/h10,12H,2-9H2,1H3. The molecule has 0 aliphatic carbocycles. The molecule has 0 aromatic rings. The average Bonchev–Trinajstić information content (AvgIpc) is 2.73. The summed E-state index contributed by atoms with van der Waals surface area (Å²) in [4.78, 5) is 0. The van der Waals surface area contributed by atoms with Gasteiger partial charge in [-0.1, -0.05) is 13.3 Å². The molecule has 0 aromatic carbocycles. The summed E-state index contributed by atoms with van der Waals surface area (Å²) in [5.74, 6) is 0.787. The van der Waals surface area contributed by atoms with Crippen molar-refractivity contribution in [3.63, 3.8) is 0 Å². The topological polar surface area (TPSA) is 21.3 Å². The fraction of sp³-hybridized carbons (Fsp3) is 1.00. The van der Waals surface area contributed by atoms with E-state index in [0.717, 1.165) is 19.1 Å². The largest absolute Gasteiger partial charge is 0.381 e. The summed E-state index contributed by atoms with van der Waals surface area (Å²) in [5, 5.41) is 3.73. The van der Waals surface area contributed by atoms with Crippen LogP contribution in [0.4, 0.5) is 0 Å². The molecule has 76 valence electrons. The maximum Gasteiger partial charge on any atom is 0.0512 e. The molecule has 2 fully saturated rings. The first-order valence-electron chi connectivity index (χ1n) is 5.70. The van der Waals surface area contributed by atoms with Crippen molar-refractivity contribution in [1.29, 1.82) is 0 Å². The number of hydrogen-bond donors (Lipinski definition) is 1. The third-order valence-corrected chi connectivity index (χ3v) is 3.68. The fourth-order valence-electron chi connectivity index (χ4n) is 3.01. The molecule has 2 rings (SSSR count). The summed E-state index contributed by atoms with van der Waals surface area (Å²) in [6, 6.07) is 0. The molecule has 0 bridgehead atoms. The minimum Gasteiger partial charge on any atom is -0.381 e. The lowest BCUT2D eigenvalue weighted by atomic mass is 9.78. The molecular formula is C11H21NO. The summed E-state index contributed by atoms with van der Waals surface area (Å²) >= 11 is 0. The zero-order valence-corrected chi connectivity index (χ0v) is 8.64. The highest BCUT2D eigenvalue weighted by molar-refractivity contribution is 4.99. The zero-order valence-electron chi connectivity index (χ0n) is 8.64. The van der Waals surface area contributed by atoms with Crippen LogP contribution in [0.5, 0.6) is 0 Å². The van der Waals surface area contributed by atoms with Crippen LogP contribution in [0.1, 0.15) is 39.0 Å². The highest BCUT2D eigenvalue weighted by Crippen LogP contribution is 2.36. The molecule has 2 atom stereocenters. The van der Waals surface area contributed by atoms with Gasteiger partial charge in [-0.2, -0.15) is 0 Å². The van der Waals surface area contributed by atoms with Gasteiger partial charge in [-0.25, -0.2) is 0 Å². The van der Waals surface area contributed by atoms with E-state index in [1.54, 1.807) is 0 Å². The lowest BCUT2D eigenvalue weighted by Crippen LogP contribution is -2.47. The Hall–Kier alpha value is -0.0800. The van der Waals surface area contributed by atoms with Gasteiger partial charge in [0, 0.05) is 18.1 Å². The summed E-state index contributed by atoms with van der Waals surface area (Å²) in [5.41, 5.74) is 0.450. The lowest BCUT2D eigenvalue weighted by molar-refractivity contribution is 0.148. The monoisotopic (exact) mass is 183 g/mol. The Labute approximate surface area is 81.0 Å². The van der Waals surface area contributed by atoms with E-state index < -0.39 is 0 Å². The number of hydrogen-bond acceptors (Lipinski definition) is 2. The smallest absolute Gasteiger partial charge is 0.0512 e. The first-order chi connectivity index (χ1) is 6.37. The van der Waals surface area contributed by atoms with E-state index in [4.69, 9.17) is 4.74 Å². The molecule has 2 unspecified atom stereocenters. The van der Waals surface area contributed by atoms with Crippen molar-refractivity contribution in [3.8, 4) is 0 Å². The third kappa shape index (κ3) is 1.75. The lowest BCUT2D eigenvalue weighted by Gasteiger charge is -2.34. The second kappa shape index (κ2) is 3.97. The molecule has 2 aliphatic rings. The van der Waals surface area contributed by atoms with Crippen molar-refractivity contribution in [1.82, 2.24) is 5.32 Å². The van der Waals surface area contributed by atoms with Gasteiger partial charge in [0.1, 0.15) is 0 Å². The van der Waals surface area contributed by atoms with Gasteiger partial charge >= 0.3 is 0 Å². The molecule has 2 heterocycles. The van der Waals surface area contributed by atoms with Crippen LogP contribution in [-0.4, -0.2) is 25.3 Å². The molecule has 0 saturated carbocycles.